The molecule has 3 aliphatic carbocycles. The lowest BCUT2D eigenvalue weighted by atomic mass is 9.89. The van der Waals surface area contributed by atoms with E-state index in [-0.39, 0.29) is 37.6 Å². The Balaban J connectivity index is 1.11. The van der Waals surface area contributed by atoms with Crippen LogP contribution in [0.2, 0.25) is 0 Å². The third-order valence-corrected chi connectivity index (χ3v) is 14.8. The highest BCUT2D eigenvalue weighted by molar-refractivity contribution is 7.91. The molecule has 5 fully saturated rings. The number of hydrogen-bond acceptors (Lipinski definition) is 9. The molecule has 13 nitrogen and oxygen atoms in total. The molecule has 1 unspecified atom stereocenters. The number of carbonyl (C=O) groups is 4. The minimum Gasteiger partial charge on any atom is -0.497 e. The van der Waals surface area contributed by atoms with E-state index in [4.69, 9.17) is 14.5 Å². The van der Waals surface area contributed by atoms with Gasteiger partial charge in [0.2, 0.25) is 27.7 Å². The number of ether oxygens (including phenoxy) is 2. The van der Waals surface area contributed by atoms with Crippen LogP contribution in [0, 0.1) is 17.8 Å². The fourth-order valence-electron chi connectivity index (χ4n) is 9.37. The van der Waals surface area contributed by atoms with E-state index in [1.807, 2.05) is 59.5 Å². The van der Waals surface area contributed by atoms with Crippen LogP contribution in [0.3, 0.4) is 0 Å². The Morgan fingerprint density at radius 1 is 0.983 bits per heavy atom. The van der Waals surface area contributed by atoms with Crippen molar-refractivity contribution in [1.82, 2.24) is 24.8 Å². The molecule has 2 saturated heterocycles. The third kappa shape index (κ3) is 8.83. The van der Waals surface area contributed by atoms with Gasteiger partial charge in [-0.15, -0.1) is 6.58 Å². The first-order chi connectivity index (χ1) is 28.5. The van der Waals surface area contributed by atoms with Crippen molar-refractivity contribution >= 4 is 44.6 Å². The summed E-state index contributed by atoms with van der Waals surface area (Å²) in [6, 6.07) is 16.1. The molecular formula is C45H55N5O8S. The zero-order valence-electron chi connectivity index (χ0n) is 33.8. The number of amides is 4. The van der Waals surface area contributed by atoms with E-state index in [0.717, 1.165) is 55.9 Å². The van der Waals surface area contributed by atoms with E-state index >= 15 is 4.79 Å². The lowest BCUT2D eigenvalue weighted by molar-refractivity contribution is -0.146. The molecule has 3 aromatic rings. The number of benzene rings is 2. The summed E-state index contributed by atoms with van der Waals surface area (Å²) in [7, 11) is -2.30. The maximum Gasteiger partial charge on any atom is 0.259 e. The van der Waals surface area contributed by atoms with E-state index < -0.39 is 56.6 Å². The van der Waals surface area contributed by atoms with Crippen LogP contribution in [-0.4, -0.2) is 96.5 Å². The molecular weight excluding hydrogens is 771 g/mol. The quantitative estimate of drug-likeness (QED) is 0.188. The third-order valence-electron chi connectivity index (χ3n) is 13.0. The molecule has 0 bridgehead atoms. The summed E-state index contributed by atoms with van der Waals surface area (Å²) in [6.07, 6.45) is 9.84. The number of sulfonamides is 1. The van der Waals surface area contributed by atoms with Crippen LogP contribution >= 0.6 is 0 Å². The number of carbonyl (C=O) groups excluding carboxylic acids is 4. The molecule has 14 heteroatoms. The summed E-state index contributed by atoms with van der Waals surface area (Å²) in [4.78, 5) is 65.4. The zero-order chi connectivity index (χ0) is 41.3. The van der Waals surface area contributed by atoms with Gasteiger partial charge in [-0.05, 0) is 63.0 Å². The van der Waals surface area contributed by atoms with Crippen molar-refractivity contribution in [2.45, 2.75) is 106 Å². The van der Waals surface area contributed by atoms with Gasteiger partial charge >= 0.3 is 0 Å². The second kappa shape index (κ2) is 16.9. The number of piperidine rings is 1. The van der Waals surface area contributed by atoms with Gasteiger partial charge in [0.15, 0.2) is 0 Å². The molecule has 2 aromatic carbocycles. The molecule has 314 valence electrons. The smallest absolute Gasteiger partial charge is 0.259 e. The fourth-order valence-corrected chi connectivity index (χ4v) is 10.7. The Kier molecular flexibility index (Phi) is 11.7. The highest BCUT2D eigenvalue weighted by Crippen LogP contribution is 2.46. The monoisotopic (exact) mass is 825 g/mol. The van der Waals surface area contributed by atoms with Gasteiger partial charge < -0.3 is 24.6 Å². The van der Waals surface area contributed by atoms with Gasteiger partial charge in [-0.2, -0.15) is 0 Å². The molecule has 4 amide bonds. The van der Waals surface area contributed by atoms with Gasteiger partial charge in [0.05, 0.1) is 30.1 Å². The number of likely N-dealkylation sites (tertiary alicyclic amines) is 2. The van der Waals surface area contributed by atoms with Crippen LogP contribution in [0.15, 0.2) is 67.3 Å². The van der Waals surface area contributed by atoms with E-state index in [1.54, 1.807) is 18.1 Å². The SMILES string of the molecule is C=C[C@H]1C[C@]1(NC(=O)[C@@H]1C[C@@H](Oc2cc(-c3ccccc3)nc3cc(OC)ccc23)CN1C(=O)C(CC(=O)N1CCCCC1)CC1CCCC1)C(=O)NS(=O)(=O)C1CC1. The highest BCUT2D eigenvalue weighted by Gasteiger charge is 2.62. The van der Waals surface area contributed by atoms with E-state index in [1.165, 1.54) is 0 Å². The maximum atomic E-state index is 15.0. The number of hydrogen-bond donors (Lipinski definition) is 2. The average Bonchev–Trinajstić information content (AvgIpc) is 4.13. The first-order valence-corrected chi connectivity index (χ1v) is 22.8. The molecule has 2 aliphatic heterocycles. The molecule has 5 atom stereocenters. The van der Waals surface area contributed by atoms with Crippen molar-refractivity contribution in [3.8, 4) is 22.8 Å². The highest BCUT2D eigenvalue weighted by atomic mass is 32.2. The number of aromatic nitrogens is 1. The Bertz CT molecular complexity index is 2200. The zero-order valence-corrected chi connectivity index (χ0v) is 34.6. The van der Waals surface area contributed by atoms with E-state index in [0.29, 0.717) is 61.0 Å². The molecule has 59 heavy (non-hydrogen) atoms. The minimum absolute atomic E-state index is 0.0412. The summed E-state index contributed by atoms with van der Waals surface area (Å²) in [5.74, 6) is -1.38. The second-order valence-corrected chi connectivity index (χ2v) is 19.1. The van der Waals surface area contributed by atoms with Gasteiger partial charge in [-0.1, -0.05) is 62.1 Å². The van der Waals surface area contributed by atoms with Crippen LogP contribution in [-0.2, 0) is 29.2 Å². The summed E-state index contributed by atoms with van der Waals surface area (Å²) >= 11 is 0. The molecule has 3 saturated carbocycles. The van der Waals surface area contributed by atoms with Crippen molar-refractivity contribution < 1.29 is 37.1 Å². The average molecular weight is 826 g/mol. The summed E-state index contributed by atoms with van der Waals surface area (Å²) in [5, 5.41) is 3.00. The van der Waals surface area contributed by atoms with Gasteiger partial charge in [-0.3, -0.25) is 23.9 Å². The molecule has 8 rings (SSSR count). The van der Waals surface area contributed by atoms with E-state index in [2.05, 4.69) is 16.6 Å². The molecule has 0 radical (unpaired) electrons. The van der Waals surface area contributed by atoms with Crippen molar-refractivity contribution in [3.63, 3.8) is 0 Å². The second-order valence-electron chi connectivity index (χ2n) is 17.1. The molecule has 2 N–H and O–H groups in total. The largest absolute Gasteiger partial charge is 0.497 e. The molecule has 3 heterocycles. The summed E-state index contributed by atoms with van der Waals surface area (Å²) in [6.45, 7) is 5.26. The van der Waals surface area contributed by atoms with Crippen molar-refractivity contribution in [2.24, 2.45) is 17.8 Å². The molecule has 1 aromatic heterocycles. The number of nitrogens with zero attached hydrogens (tertiary/aromatic N) is 3. The van der Waals surface area contributed by atoms with Gasteiger partial charge in [0.1, 0.15) is 29.2 Å². The number of pyridine rings is 1. The van der Waals surface area contributed by atoms with Crippen LogP contribution in [0.5, 0.6) is 11.5 Å². The number of methoxy groups -OCH3 is 1. The number of nitrogens with one attached hydrogen (secondary N) is 2. The predicted octanol–water partition coefficient (Wildman–Crippen LogP) is 5.53. The van der Waals surface area contributed by atoms with Gasteiger partial charge in [0, 0.05) is 60.8 Å². The lowest BCUT2D eigenvalue weighted by Crippen LogP contribution is -2.57. The fraction of sp³-hybridized carbons (Fsp3) is 0.533. The van der Waals surface area contributed by atoms with Crippen molar-refractivity contribution in [2.75, 3.05) is 26.7 Å². The summed E-state index contributed by atoms with van der Waals surface area (Å²) in [5.41, 5.74) is 0.677. The molecule has 0 spiro atoms. The first-order valence-electron chi connectivity index (χ1n) is 21.3. The maximum absolute atomic E-state index is 15.0. The minimum atomic E-state index is -3.89. The van der Waals surface area contributed by atoms with Crippen molar-refractivity contribution in [1.29, 1.82) is 0 Å². The first kappa shape index (κ1) is 40.8. The topological polar surface area (TPSA) is 164 Å². The van der Waals surface area contributed by atoms with Crippen LogP contribution in [0.4, 0.5) is 0 Å². The Morgan fingerprint density at radius 2 is 1.73 bits per heavy atom. The van der Waals surface area contributed by atoms with Crippen molar-refractivity contribution in [3.05, 3.63) is 67.3 Å². The van der Waals surface area contributed by atoms with Crippen LogP contribution in [0.1, 0.15) is 83.5 Å². The van der Waals surface area contributed by atoms with Crippen LogP contribution in [0.25, 0.3) is 22.2 Å². The normalized spacial score (nSPS) is 25.0. The lowest BCUT2D eigenvalue weighted by Gasteiger charge is -2.32. The Labute approximate surface area is 346 Å². The Hall–Kier alpha value is -4.98. The van der Waals surface area contributed by atoms with Gasteiger partial charge in [0.25, 0.3) is 5.91 Å². The van der Waals surface area contributed by atoms with Gasteiger partial charge in [-0.25, -0.2) is 13.4 Å². The van der Waals surface area contributed by atoms with E-state index in [9.17, 15) is 22.8 Å². The Morgan fingerprint density at radius 3 is 2.41 bits per heavy atom. The number of rotatable bonds is 15. The number of fused-ring (bicyclic) bond motifs is 1. The standard InChI is InChI=1S/C45H55N5O8S/c1-3-32-27-45(32,44(54)48-59(55,56)35-17-18-35)47-42(52)39-25-34(58-40-26-37(30-14-6-4-7-15-30)46-38-24-33(57-2)16-19-36(38)40)28-50(39)43(53)31(22-29-12-8-9-13-29)23-41(51)49-20-10-5-11-21-49/h3-4,6-7,14-16,19,24,26,29,31-32,34-35,39H,1,5,8-13,17-18,20-23,25,27-28H2,2H3,(H,47,52)(H,48,54)/t31?,32-,34+,39-,45+/m0/s1. The predicted molar refractivity (Wildman–Crippen MR) is 223 cm³/mol. The summed E-state index contributed by atoms with van der Waals surface area (Å²) < 4.78 is 40.2. The van der Waals surface area contributed by atoms with Crippen LogP contribution < -0.4 is 19.5 Å². The molecule has 5 aliphatic rings.